The zero-order valence-electron chi connectivity index (χ0n) is 13.7. The van der Waals surface area contributed by atoms with Gasteiger partial charge in [-0.05, 0) is 42.7 Å². The van der Waals surface area contributed by atoms with Crippen LogP contribution in [0.2, 0.25) is 0 Å². The lowest BCUT2D eigenvalue weighted by Gasteiger charge is -2.44. The SMILES string of the molecule is CCC1(CC)CN(Cc2cccc(C#N)c2)c2ccccc2O1. The van der Waals surface area contributed by atoms with Crippen LogP contribution in [0.3, 0.4) is 0 Å². The summed E-state index contributed by atoms with van der Waals surface area (Å²) in [5, 5.41) is 9.10. The van der Waals surface area contributed by atoms with Crippen molar-refractivity contribution in [1.82, 2.24) is 0 Å². The topological polar surface area (TPSA) is 36.3 Å². The van der Waals surface area contributed by atoms with Gasteiger partial charge in [0.15, 0.2) is 0 Å². The number of ether oxygens (including phenoxy) is 1. The summed E-state index contributed by atoms with van der Waals surface area (Å²) >= 11 is 0. The smallest absolute Gasteiger partial charge is 0.143 e. The Morgan fingerprint density at radius 2 is 1.91 bits per heavy atom. The molecule has 3 heteroatoms. The molecule has 1 aliphatic rings. The Hall–Kier alpha value is -2.47. The van der Waals surface area contributed by atoms with Crippen molar-refractivity contribution >= 4 is 5.69 Å². The van der Waals surface area contributed by atoms with E-state index in [9.17, 15) is 0 Å². The molecule has 0 aliphatic carbocycles. The Labute approximate surface area is 138 Å². The van der Waals surface area contributed by atoms with Crippen molar-refractivity contribution in [3.63, 3.8) is 0 Å². The molecule has 2 aromatic carbocycles. The molecule has 0 saturated carbocycles. The van der Waals surface area contributed by atoms with Crippen LogP contribution in [-0.2, 0) is 6.54 Å². The normalized spacial score (nSPS) is 15.4. The molecule has 0 N–H and O–H groups in total. The molecule has 2 aromatic rings. The van der Waals surface area contributed by atoms with E-state index in [-0.39, 0.29) is 5.60 Å². The third-order valence-electron chi connectivity index (χ3n) is 4.73. The van der Waals surface area contributed by atoms with E-state index in [1.54, 1.807) is 0 Å². The van der Waals surface area contributed by atoms with Crippen molar-refractivity contribution in [1.29, 1.82) is 5.26 Å². The molecule has 118 valence electrons. The van der Waals surface area contributed by atoms with Gasteiger partial charge in [0.05, 0.1) is 23.9 Å². The van der Waals surface area contributed by atoms with Gasteiger partial charge in [0.2, 0.25) is 0 Å². The minimum atomic E-state index is -0.138. The van der Waals surface area contributed by atoms with Crippen LogP contribution in [0.4, 0.5) is 5.69 Å². The summed E-state index contributed by atoms with van der Waals surface area (Å²) in [4.78, 5) is 2.38. The maximum atomic E-state index is 9.10. The van der Waals surface area contributed by atoms with Crippen LogP contribution in [0.1, 0.15) is 37.8 Å². The lowest BCUT2D eigenvalue weighted by Crippen LogP contribution is -2.50. The number of nitriles is 1. The van der Waals surface area contributed by atoms with E-state index in [1.165, 1.54) is 0 Å². The first kappa shape index (κ1) is 15.4. The predicted octanol–water partition coefficient (Wildman–Crippen LogP) is 4.52. The van der Waals surface area contributed by atoms with E-state index in [0.717, 1.165) is 42.9 Å². The minimum absolute atomic E-state index is 0.138. The molecule has 1 aliphatic heterocycles. The van der Waals surface area contributed by atoms with Gasteiger partial charge in [-0.2, -0.15) is 5.26 Å². The molecule has 3 rings (SSSR count). The average molecular weight is 306 g/mol. The predicted molar refractivity (Wildman–Crippen MR) is 92.6 cm³/mol. The van der Waals surface area contributed by atoms with Crippen molar-refractivity contribution in [2.24, 2.45) is 0 Å². The van der Waals surface area contributed by atoms with Gasteiger partial charge in [0, 0.05) is 6.54 Å². The Balaban J connectivity index is 1.95. The van der Waals surface area contributed by atoms with Crippen molar-refractivity contribution < 1.29 is 4.74 Å². The molecule has 0 radical (unpaired) electrons. The number of hydrogen-bond acceptors (Lipinski definition) is 3. The van der Waals surface area contributed by atoms with Gasteiger partial charge in [0.25, 0.3) is 0 Å². The van der Waals surface area contributed by atoms with Crippen LogP contribution >= 0.6 is 0 Å². The fraction of sp³-hybridized carbons (Fsp3) is 0.350. The van der Waals surface area contributed by atoms with Crippen molar-refractivity contribution in [2.75, 3.05) is 11.4 Å². The summed E-state index contributed by atoms with van der Waals surface area (Å²) in [6.45, 7) is 6.03. The Kier molecular flexibility index (Phi) is 4.25. The van der Waals surface area contributed by atoms with Crippen molar-refractivity contribution in [3.8, 4) is 11.8 Å². The van der Waals surface area contributed by atoms with E-state index < -0.39 is 0 Å². The molecule has 0 saturated heterocycles. The fourth-order valence-corrected chi connectivity index (χ4v) is 3.22. The first-order chi connectivity index (χ1) is 11.2. The monoisotopic (exact) mass is 306 g/mol. The zero-order chi connectivity index (χ0) is 16.3. The number of rotatable bonds is 4. The van der Waals surface area contributed by atoms with Gasteiger partial charge < -0.3 is 9.64 Å². The summed E-state index contributed by atoms with van der Waals surface area (Å²) in [5.41, 5.74) is 2.86. The molecule has 0 amide bonds. The molecule has 0 atom stereocenters. The lowest BCUT2D eigenvalue weighted by molar-refractivity contribution is 0.0570. The molecule has 0 bridgehead atoms. The molecule has 0 spiro atoms. The number of fused-ring (bicyclic) bond motifs is 1. The van der Waals surface area contributed by atoms with Crippen LogP contribution in [-0.4, -0.2) is 12.1 Å². The highest BCUT2D eigenvalue weighted by molar-refractivity contribution is 5.61. The molecule has 1 heterocycles. The molecular formula is C20H22N2O. The van der Waals surface area contributed by atoms with E-state index >= 15 is 0 Å². The highest BCUT2D eigenvalue weighted by atomic mass is 16.5. The summed E-state index contributed by atoms with van der Waals surface area (Å²) < 4.78 is 6.34. The van der Waals surface area contributed by atoms with E-state index in [4.69, 9.17) is 10.00 Å². The number of benzene rings is 2. The van der Waals surface area contributed by atoms with E-state index in [0.29, 0.717) is 5.56 Å². The number of nitrogens with zero attached hydrogens (tertiary/aromatic N) is 2. The molecule has 0 fully saturated rings. The summed E-state index contributed by atoms with van der Waals surface area (Å²) in [7, 11) is 0. The maximum absolute atomic E-state index is 9.10. The van der Waals surface area contributed by atoms with Crippen LogP contribution < -0.4 is 9.64 Å². The van der Waals surface area contributed by atoms with Crippen LogP contribution in [0.25, 0.3) is 0 Å². The van der Waals surface area contributed by atoms with Gasteiger partial charge in [-0.15, -0.1) is 0 Å². The van der Waals surface area contributed by atoms with Gasteiger partial charge in [-0.1, -0.05) is 38.1 Å². The maximum Gasteiger partial charge on any atom is 0.143 e. The summed E-state index contributed by atoms with van der Waals surface area (Å²) in [6, 6.07) is 18.3. The van der Waals surface area contributed by atoms with E-state index in [2.05, 4.69) is 36.9 Å². The Bertz CT molecular complexity index is 728. The third-order valence-corrected chi connectivity index (χ3v) is 4.73. The van der Waals surface area contributed by atoms with Gasteiger partial charge in [0.1, 0.15) is 11.4 Å². The fourth-order valence-electron chi connectivity index (χ4n) is 3.22. The standard InChI is InChI=1S/C20H22N2O/c1-3-20(4-2)15-22(18-10-5-6-11-19(18)23-20)14-17-9-7-8-16(12-17)13-21/h5-12H,3-4,14-15H2,1-2H3. The average Bonchev–Trinajstić information content (AvgIpc) is 2.61. The van der Waals surface area contributed by atoms with Crippen LogP contribution in [0.15, 0.2) is 48.5 Å². The van der Waals surface area contributed by atoms with Crippen LogP contribution in [0.5, 0.6) is 5.75 Å². The second-order valence-electron chi connectivity index (χ2n) is 6.13. The van der Waals surface area contributed by atoms with Gasteiger partial charge in [-0.25, -0.2) is 0 Å². The first-order valence-electron chi connectivity index (χ1n) is 8.22. The second-order valence-corrected chi connectivity index (χ2v) is 6.13. The van der Waals surface area contributed by atoms with Crippen molar-refractivity contribution in [2.45, 2.75) is 38.8 Å². The highest BCUT2D eigenvalue weighted by Gasteiger charge is 2.36. The molecular weight excluding hydrogens is 284 g/mol. The molecule has 0 unspecified atom stereocenters. The zero-order valence-corrected chi connectivity index (χ0v) is 13.7. The number of hydrogen-bond donors (Lipinski definition) is 0. The summed E-state index contributed by atoms with van der Waals surface area (Å²) in [5.74, 6) is 0.957. The lowest BCUT2D eigenvalue weighted by atomic mass is 9.93. The molecule has 3 nitrogen and oxygen atoms in total. The van der Waals surface area contributed by atoms with Crippen LogP contribution in [0, 0.1) is 11.3 Å². The minimum Gasteiger partial charge on any atom is -0.483 e. The first-order valence-corrected chi connectivity index (χ1v) is 8.22. The second kappa shape index (κ2) is 6.34. The van der Waals surface area contributed by atoms with E-state index in [1.807, 2.05) is 36.4 Å². The van der Waals surface area contributed by atoms with Crippen molar-refractivity contribution in [3.05, 3.63) is 59.7 Å². The quantitative estimate of drug-likeness (QED) is 0.833. The highest BCUT2D eigenvalue weighted by Crippen LogP contribution is 2.40. The number of anilines is 1. The van der Waals surface area contributed by atoms with Gasteiger partial charge in [-0.3, -0.25) is 0 Å². The third kappa shape index (κ3) is 3.03. The Morgan fingerprint density at radius 3 is 2.65 bits per heavy atom. The van der Waals surface area contributed by atoms with Gasteiger partial charge >= 0.3 is 0 Å². The Morgan fingerprint density at radius 1 is 1.13 bits per heavy atom. The summed E-state index contributed by atoms with van der Waals surface area (Å²) in [6.07, 6.45) is 1.96. The largest absolute Gasteiger partial charge is 0.483 e. The molecule has 23 heavy (non-hydrogen) atoms. The molecule has 0 aromatic heterocycles. The number of para-hydroxylation sites is 2.